The minimum Gasteiger partial charge on any atom is -0.481 e. The monoisotopic (exact) mass is 643 g/mol. The zero-order valence-corrected chi connectivity index (χ0v) is 26.9. The normalized spacial score (nSPS) is 24.7. The number of aromatic nitrogens is 1. The number of hydrogen-bond acceptors (Lipinski definition) is 6. The van der Waals surface area contributed by atoms with Gasteiger partial charge >= 0.3 is 18.0 Å². The number of carbonyl (C=O) groups excluding carboxylic acids is 3. The van der Waals surface area contributed by atoms with E-state index in [1.54, 1.807) is 0 Å². The van der Waals surface area contributed by atoms with E-state index >= 15 is 0 Å². The number of aliphatic carboxylic acids is 1. The summed E-state index contributed by atoms with van der Waals surface area (Å²) in [6.45, 7) is 1.75. The van der Waals surface area contributed by atoms with Gasteiger partial charge in [-0.2, -0.15) is 0 Å². The number of carbonyl (C=O) groups is 4. The summed E-state index contributed by atoms with van der Waals surface area (Å²) in [6.07, 6.45) is 7.33. The van der Waals surface area contributed by atoms with Crippen molar-refractivity contribution in [1.82, 2.24) is 15.6 Å². The molecule has 0 radical (unpaired) electrons. The highest BCUT2D eigenvalue weighted by atomic mass is 16.6. The molecule has 1 aromatic heterocycles. The van der Waals surface area contributed by atoms with E-state index in [2.05, 4.69) is 15.6 Å². The summed E-state index contributed by atoms with van der Waals surface area (Å²) in [6, 6.07) is 16.8. The lowest BCUT2D eigenvalue weighted by atomic mass is 9.55. The average molecular weight is 644 g/mol. The SMILES string of the molecule is CC(CNC(=O)OC1C2CC3CC(C2)CC1C3)(Cc1c[nH]c2ccccc12)C(=O)NC(COC(=O)CCC(=O)O)Cc1ccccc1. The summed E-state index contributed by atoms with van der Waals surface area (Å²) in [5.74, 6) is 0.353. The summed E-state index contributed by atoms with van der Waals surface area (Å²) in [5.41, 5.74) is 1.75. The summed E-state index contributed by atoms with van der Waals surface area (Å²) in [4.78, 5) is 54.1. The quantitative estimate of drug-likeness (QED) is 0.172. The Morgan fingerprint density at radius 1 is 0.936 bits per heavy atom. The number of carboxylic acid groups (broad SMARTS) is 1. The minimum absolute atomic E-state index is 0.0426. The zero-order chi connectivity index (χ0) is 33.0. The third-order valence-corrected chi connectivity index (χ3v) is 10.5. The highest BCUT2D eigenvalue weighted by molar-refractivity contribution is 5.87. The van der Waals surface area contributed by atoms with Crippen LogP contribution in [0.3, 0.4) is 0 Å². The second-order valence-corrected chi connectivity index (χ2v) is 14.2. The first-order valence-corrected chi connectivity index (χ1v) is 16.9. The summed E-state index contributed by atoms with van der Waals surface area (Å²) < 4.78 is 11.5. The minimum atomic E-state index is -1.09. The van der Waals surface area contributed by atoms with Gasteiger partial charge in [-0.25, -0.2) is 4.79 Å². The molecule has 10 heteroatoms. The molecule has 2 aromatic carbocycles. The lowest BCUT2D eigenvalue weighted by molar-refractivity contribution is -0.148. The second-order valence-electron chi connectivity index (χ2n) is 14.2. The van der Waals surface area contributed by atoms with Crippen LogP contribution in [0.4, 0.5) is 4.79 Å². The number of hydrogen-bond donors (Lipinski definition) is 4. The van der Waals surface area contributed by atoms with E-state index in [1.807, 2.05) is 67.7 Å². The van der Waals surface area contributed by atoms with Crippen LogP contribution in [0, 0.1) is 29.1 Å². The number of amides is 2. The number of carboxylic acids is 1. The molecular formula is C37H45N3O7. The number of aromatic amines is 1. The fourth-order valence-electron chi connectivity index (χ4n) is 8.31. The van der Waals surface area contributed by atoms with E-state index in [0.29, 0.717) is 24.7 Å². The molecule has 2 unspecified atom stereocenters. The molecule has 4 N–H and O–H groups in total. The number of fused-ring (bicyclic) bond motifs is 1. The maximum atomic E-state index is 14.3. The molecule has 10 nitrogen and oxygen atoms in total. The molecule has 0 spiro atoms. The van der Waals surface area contributed by atoms with Crippen molar-refractivity contribution < 1.29 is 33.8 Å². The molecule has 1 heterocycles. The molecule has 7 rings (SSSR count). The molecule has 2 atom stereocenters. The molecular weight excluding hydrogens is 598 g/mol. The first-order chi connectivity index (χ1) is 22.6. The Balaban J connectivity index is 1.17. The Hall–Kier alpha value is -4.34. The largest absolute Gasteiger partial charge is 0.481 e. The number of para-hydroxylation sites is 1. The number of ether oxygens (including phenoxy) is 2. The lowest BCUT2D eigenvalue weighted by Crippen LogP contribution is -2.54. The maximum absolute atomic E-state index is 14.3. The Morgan fingerprint density at radius 2 is 1.62 bits per heavy atom. The number of alkyl carbamates (subject to hydrolysis) is 1. The Labute approximate surface area is 275 Å². The molecule has 4 fully saturated rings. The average Bonchev–Trinajstić information content (AvgIpc) is 3.45. The van der Waals surface area contributed by atoms with Gasteiger partial charge in [-0.05, 0) is 92.7 Å². The molecule has 4 bridgehead atoms. The predicted octanol–water partition coefficient (Wildman–Crippen LogP) is 5.40. The highest BCUT2D eigenvalue weighted by Gasteiger charge is 2.50. The number of H-pyrrole nitrogens is 1. The Morgan fingerprint density at radius 3 is 2.32 bits per heavy atom. The van der Waals surface area contributed by atoms with Gasteiger partial charge < -0.3 is 30.2 Å². The molecule has 4 saturated carbocycles. The molecule has 47 heavy (non-hydrogen) atoms. The fraction of sp³-hybridized carbons (Fsp3) is 0.514. The maximum Gasteiger partial charge on any atom is 0.407 e. The topological polar surface area (TPSA) is 147 Å². The van der Waals surface area contributed by atoms with Crippen molar-refractivity contribution in [3.63, 3.8) is 0 Å². The van der Waals surface area contributed by atoms with Gasteiger partial charge in [0.25, 0.3) is 0 Å². The van der Waals surface area contributed by atoms with Crippen molar-refractivity contribution in [2.75, 3.05) is 13.2 Å². The second kappa shape index (κ2) is 14.2. The van der Waals surface area contributed by atoms with Crippen molar-refractivity contribution in [3.8, 4) is 0 Å². The van der Waals surface area contributed by atoms with Crippen molar-refractivity contribution in [2.24, 2.45) is 29.1 Å². The fourth-order valence-corrected chi connectivity index (χ4v) is 8.31. The van der Waals surface area contributed by atoms with E-state index in [1.165, 1.54) is 6.42 Å². The van der Waals surface area contributed by atoms with Gasteiger partial charge in [0, 0.05) is 23.6 Å². The van der Waals surface area contributed by atoms with Gasteiger partial charge in [-0.15, -0.1) is 0 Å². The van der Waals surface area contributed by atoms with E-state index in [9.17, 15) is 19.2 Å². The van der Waals surface area contributed by atoms with Crippen LogP contribution in [-0.4, -0.2) is 59.3 Å². The van der Waals surface area contributed by atoms with Crippen LogP contribution in [0.15, 0.2) is 60.8 Å². The molecule has 0 aliphatic heterocycles. The van der Waals surface area contributed by atoms with Crippen molar-refractivity contribution in [1.29, 1.82) is 0 Å². The van der Waals surface area contributed by atoms with Crippen molar-refractivity contribution in [3.05, 3.63) is 71.9 Å². The molecule has 4 aliphatic rings. The molecule has 250 valence electrons. The van der Waals surface area contributed by atoms with Gasteiger partial charge in [0.05, 0.1) is 24.3 Å². The lowest BCUT2D eigenvalue weighted by Gasteiger charge is -2.53. The number of nitrogens with one attached hydrogen (secondary N) is 3. The van der Waals surface area contributed by atoms with Crippen LogP contribution in [0.1, 0.15) is 63.0 Å². The van der Waals surface area contributed by atoms with Gasteiger partial charge in [0.15, 0.2) is 0 Å². The Kier molecular flexibility index (Phi) is 9.84. The third kappa shape index (κ3) is 7.97. The van der Waals surface area contributed by atoms with E-state index < -0.39 is 29.5 Å². The standard InChI is InChI=1S/C37H45N3O7/c1-37(19-28-20-38-31-10-6-5-9-30(28)31,22-39-36(45)47-34-26-14-24-13-25(16-26)17-27(34)15-24)35(44)40-29(18-23-7-3-2-4-8-23)21-46-33(43)12-11-32(41)42/h2-10,20,24-27,29,34,38H,11-19,21-22H2,1H3,(H,39,45)(H,40,44)(H,41,42). The van der Waals surface area contributed by atoms with Crippen molar-refractivity contribution in [2.45, 2.75) is 76.9 Å². The third-order valence-electron chi connectivity index (χ3n) is 10.5. The smallest absolute Gasteiger partial charge is 0.407 e. The summed E-state index contributed by atoms with van der Waals surface area (Å²) in [5, 5.41) is 16.0. The predicted molar refractivity (Wildman–Crippen MR) is 175 cm³/mol. The highest BCUT2D eigenvalue weighted by Crippen LogP contribution is 2.54. The van der Waals surface area contributed by atoms with E-state index in [4.69, 9.17) is 14.6 Å². The van der Waals surface area contributed by atoms with E-state index in [-0.39, 0.29) is 38.0 Å². The van der Waals surface area contributed by atoms with Crippen LogP contribution in [-0.2, 0) is 36.7 Å². The van der Waals surface area contributed by atoms with E-state index in [0.717, 1.165) is 59.5 Å². The summed E-state index contributed by atoms with van der Waals surface area (Å²) in [7, 11) is 0. The van der Waals surface area contributed by atoms with Gasteiger partial charge in [0.2, 0.25) is 5.91 Å². The molecule has 4 aliphatic carbocycles. The summed E-state index contributed by atoms with van der Waals surface area (Å²) >= 11 is 0. The van der Waals surface area contributed by atoms with Crippen molar-refractivity contribution >= 4 is 34.8 Å². The van der Waals surface area contributed by atoms with Crippen LogP contribution in [0.25, 0.3) is 10.9 Å². The zero-order valence-electron chi connectivity index (χ0n) is 26.9. The van der Waals surface area contributed by atoms with Gasteiger partial charge in [0.1, 0.15) is 12.7 Å². The number of esters is 1. The first kappa shape index (κ1) is 32.6. The Bertz CT molecular complexity index is 1560. The van der Waals surface area contributed by atoms with Crippen LogP contribution in [0.5, 0.6) is 0 Å². The van der Waals surface area contributed by atoms with Gasteiger partial charge in [-0.1, -0.05) is 48.5 Å². The number of rotatable bonds is 14. The van der Waals surface area contributed by atoms with Crippen LogP contribution in [0.2, 0.25) is 0 Å². The van der Waals surface area contributed by atoms with Crippen LogP contribution >= 0.6 is 0 Å². The molecule has 0 saturated heterocycles. The number of benzene rings is 2. The first-order valence-electron chi connectivity index (χ1n) is 16.9. The van der Waals surface area contributed by atoms with Gasteiger partial charge in [-0.3, -0.25) is 14.4 Å². The van der Waals surface area contributed by atoms with Crippen LogP contribution < -0.4 is 10.6 Å². The molecule has 2 amide bonds. The molecule has 3 aromatic rings.